The van der Waals surface area contributed by atoms with Gasteiger partial charge in [0.2, 0.25) is 0 Å². The largest absolute Gasteiger partial charge is 0.497 e. The summed E-state index contributed by atoms with van der Waals surface area (Å²) in [6, 6.07) is 22.1. The summed E-state index contributed by atoms with van der Waals surface area (Å²) in [6.45, 7) is 2.07. The van der Waals surface area contributed by atoms with Crippen molar-refractivity contribution < 1.29 is 14.2 Å². The minimum absolute atomic E-state index is 0.739. The maximum absolute atomic E-state index is 5.65. The maximum Gasteiger partial charge on any atom is 0.146 e. The van der Waals surface area contributed by atoms with E-state index in [1.807, 2.05) is 48.5 Å². The number of anilines is 3. The van der Waals surface area contributed by atoms with Gasteiger partial charge in [-0.3, -0.25) is 0 Å². The molecule has 0 saturated heterocycles. The molecule has 134 valence electrons. The fraction of sp³-hybridized carbons (Fsp3) is 0.182. The first-order chi connectivity index (χ1) is 12.7. The molecule has 0 spiro atoms. The molecule has 0 amide bonds. The number of aryl methyl sites for hydroxylation is 1. The van der Waals surface area contributed by atoms with Crippen LogP contribution in [0.3, 0.4) is 0 Å². The van der Waals surface area contributed by atoms with E-state index in [0.29, 0.717) is 0 Å². The van der Waals surface area contributed by atoms with Gasteiger partial charge in [0.15, 0.2) is 0 Å². The van der Waals surface area contributed by atoms with Crippen molar-refractivity contribution in [2.45, 2.75) is 6.92 Å². The molecule has 0 aliphatic rings. The SMILES string of the molecule is COc1ccc(N(c2ccccc2)c2ccc(OC)cc2OC)c(C)c1. The number of para-hydroxylation sites is 1. The van der Waals surface area contributed by atoms with Crippen LogP contribution in [-0.4, -0.2) is 21.3 Å². The quantitative estimate of drug-likeness (QED) is 0.589. The van der Waals surface area contributed by atoms with Crippen molar-refractivity contribution >= 4 is 17.1 Å². The summed E-state index contributed by atoms with van der Waals surface area (Å²) in [4.78, 5) is 2.17. The molecule has 0 bridgehead atoms. The molecule has 0 aliphatic heterocycles. The van der Waals surface area contributed by atoms with E-state index < -0.39 is 0 Å². The molecule has 0 N–H and O–H groups in total. The number of nitrogens with zero attached hydrogens (tertiary/aromatic N) is 1. The van der Waals surface area contributed by atoms with Gasteiger partial charge in [-0.05, 0) is 55.0 Å². The topological polar surface area (TPSA) is 30.9 Å². The number of hydrogen-bond acceptors (Lipinski definition) is 4. The van der Waals surface area contributed by atoms with E-state index in [9.17, 15) is 0 Å². The summed E-state index contributed by atoms with van der Waals surface area (Å²) in [6.07, 6.45) is 0. The van der Waals surface area contributed by atoms with Crippen LogP contribution in [0, 0.1) is 6.92 Å². The molecule has 0 aliphatic carbocycles. The van der Waals surface area contributed by atoms with Gasteiger partial charge in [-0.15, -0.1) is 0 Å². The Morgan fingerprint density at radius 1 is 0.654 bits per heavy atom. The van der Waals surface area contributed by atoms with Crippen LogP contribution in [0.2, 0.25) is 0 Å². The molecule has 0 heterocycles. The smallest absolute Gasteiger partial charge is 0.146 e. The third-order valence-electron chi connectivity index (χ3n) is 4.29. The van der Waals surface area contributed by atoms with Crippen molar-refractivity contribution in [3.05, 3.63) is 72.3 Å². The summed E-state index contributed by atoms with van der Waals surface area (Å²) in [5.74, 6) is 2.33. The first-order valence-corrected chi connectivity index (χ1v) is 8.39. The van der Waals surface area contributed by atoms with Crippen LogP contribution in [-0.2, 0) is 0 Å². The Labute approximate surface area is 154 Å². The molecule has 0 radical (unpaired) electrons. The Morgan fingerprint density at radius 3 is 1.85 bits per heavy atom. The highest BCUT2D eigenvalue weighted by Gasteiger charge is 2.19. The average molecular weight is 349 g/mol. The summed E-state index contributed by atoms with van der Waals surface area (Å²) in [5, 5.41) is 0. The van der Waals surface area contributed by atoms with Crippen LogP contribution < -0.4 is 19.1 Å². The predicted octanol–water partition coefficient (Wildman–Crippen LogP) is 5.49. The second kappa shape index (κ2) is 7.83. The van der Waals surface area contributed by atoms with E-state index in [4.69, 9.17) is 14.2 Å². The third-order valence-corrected chi connectivity index (χ3v) is 4.29. The molecule has 0 aromatic heterocycles. The molecule has 4 heteroatoms. The van der Waals surface area contributed by atoms with Gasteiger partial charge in [-0.1, -0.05) is 18.2 Å². The van der Waals surface area contributed by atoms with Gasteiger partial charge >= 0.3 is 0 Å². The van der Waals surface area contributed by atoms with Crippen LogP contribution in [0.1, 0.15) is 5.56 Å². The lowest BCUT2D eigenvalue weighted by Gasteiger charge is -2.28. The highest BCUT2D eigenvalue weighted by molar-refractivity contribution is 5.82. The van der Waals surface area contributed by atoms with Gasteiger partial charge in [-0.2, -0.15) is 0 Å². The Bertz CT molecular complexity index is 878. The van der Waals surface area contributed by atoms with Crippen molar-refractivity contribution in [2.75, 3.05) is 26.2 Å². The van der Waals surface area contributed by atoms with Gasteiger partial charge in [-0.25, -0.2) is 0 Å². The molecule has 0 unspecified atom stereocenters. The fourth-order valence-electron chi connectivity index (χ4n) is 2.96. The first kappa shape index (κ1) is 17.7. The number of rotatable bonds is 6. The Morgan fingerprint density at radius 2 is 1.27 bits per heavy atom. The Balaban J connectivity index is 2.20. The summed E-state index contributed by atoms with van der Waals surface area (Å²) < 4.78 is 16.3. The van der Waals surface area contributed by atoms with Crippen LogP contribution in [0.25, 0.3) is 0 Å². The highest BCUT2D eigenvalue weighted by Crippen LogP contribution is 2.43. The van der Waals surface area contributed by atoms with E-state index in [1.165, 1.54) is 0 Å². The number of ether oxygens (including phenoxy) is 3. The van der Waals surface area contributed by atoms with Gasteiger partial charge < -0.3 is 19.1 Å². The molecular weight excluding hydrogens is 326 g/mol. The molecule has 26 heavy (non-hydrogen) atoms. The minimum Gasteiger partial charge on any atom is -0.497 e. The Hall–Kier alpha value is -3.14. The fourth-order valence-corrected chi connectivity index (χ4v) is 2.96. The maximum atomic E-state index is 5.65. The second-order valence-electron chi connectivity index (χ2n) is 5.86. The monoisotopic (exact) mass is 349 g/mol. The standard InChI is InChI=1S/C22H23NO3/c1-16-14-18(24-2)10-12-20(16)23(17-8-6-5-7-9-17)21-13-11-19(25-3)15-22(21)26-4/h5-15H,1-4H3. The molecule has 3 rings (SSSR count). The van der Waals surface area contributed by atoms with Crippen LogP contribution >= 0.6 is 0 Å². The zero-order valence-corrected chi connectivity index (χ0v) is 15.5. The van der Waals surface area contributed by atoms with Crippen molar-refractivity contribution in [3.8, 4) is 17.2 Å². The summed E-state index contributed by atoms with van der Waals surface area (Å²) in [5.41, 5.74) is 4.14. The lowest BCUT2D eigenvalue weighted by atomic mass is 10.1. The van der Waals surface area contributed by atoms with Crippen LogP contribution in [0.5, 0.6) is 17.2 Å². The van der Waals surface area contributed by atoms with Gasteiger partial charge in [0.25, 0.3) is 0 Å². The molecule has 3 aromatic rings. The first-order valence-electron chi connectivity index (χ1n) is 8.39. The van der Waals surface area contributed by atoms with Gasteiger partial charge in [0, 0.05) is 17.4 Å². The predicted molar refractivity (Wildman–Crippen MR) is 106 cm³/mol. The van der Waals surface area contributed by atoms with E-state index in [-0.39, 0.29) is 0 Å². The average Bonchev–Trinajstić information content (AvgIpc) is 2.70. The van der Waals surface area contributed by atoms with Crippen molar-refractivity contribution in [3.63, 3.8) is 0 Å². The van der Waals surface area contributed by atoms with Crippen molar-refractivity contribution in [2.24, 2.45) is 0 Å². The second-order valence-corrected chi connectivity index (χ2v) is 5.86. The number of hydrogen-bond donors (Lipinski definition) is 0. The summed E-state index contributed by atoms with van der Waals surface area (Å²) in [7, 11) is 5.00. The van der Waals surface area contributed by atoms with E-state index in [0.717, 1.165) is 39.9 Å². The highest BCUT2D eigenvalue weighted by atomic mass is 16.5. The number of benzene rings is 3. The minimum atomic E-state index is 0.739. The lowest BCUT2D eigenvalue weighted by Crippen LogP contribution is -2.12. The summed E-state index contributed by atoms with van der Waals surface area (Å²) >= 11 is 0. The van der Waals surface area contributed by atoms with Crippen molar-refractivity contribution in [1.29, 1.82) is 0 Å². The van der Waals surface area contributed by atoms with Crippen LogP contribution in [0.4, 0.5) is 17.1 Å². The number of methoxy groups -OCH3 is 3. The van der Waals surface area contributed by atoms with E-state index in [1.54, 1.807) is 21.3 Å². The zero-order chi connectivity index (χ0) is 18.5. The van der Waals surface area contributed by atoms with E-state index >= 15 is 0 Å². The molecule has 3 aromatic carbocycles. The van der Waals surface area contributed by atoms with Crippen LogP contribution in [0.15, 0.2) is 66.7 Å². The molecular formula is C22H23NO3. The Kier molecular flexibility index (Phi) is 5.32. The molecule has 0 fully saturated rings. The zero-order valence-electron chi connectivity index (χ0n) is 15.5. The molecule has 4 nitrogen and oxygen atoms in total. The van der Waals surface area contributed by atoms with Gasteiger partial charge in [0.1, 0.15) is 17.2 Å². The van der Waals surface area contributed by atoms with Crippen molar-refractivity contribution in [1.82, 2.24) is 0 Å². The van der Waals surface area contributed by atoms with E-state index in [2.05, 4.69) is 30.0 Å². The third kappa shape index (κ3) is 3.45. The molecule has 0 atom stereocenters. The molecule has 0 saturated carbocycles. The lowest BCUT2D eigenvalue weighted by molar-refractivity contribution is 0.395. The van der Waals surface area contributed by atoms with Gasteiger partial charge in [0.05, 0.1) is 27.0 Å². The normalized spacial score (nSPS) is 10.3.